The van der Waals surface area contributed by atoms with Gasteiger partial charge in [0.25, 0.3) is 0 Å². The molecule has 1 saturated heterocycles. The summed E-state index contributed by atoms with van der Waals surface area (Å²) in [6, 6.07) is 3.38. The van der Waals surface area contributed by atoms with Crippen LogP contribution in [0.4, 0.5) is 8.78 Å². The van der Waals surface area contributed by atoms with Crippen molar-refractivity contribution in [3.63, 3.8) is 0 Å². The summed E-state index contributed by atoms with van der Waals surface area (Å²) in [6.07, 6.45) is 2.95. The molecule has 0 aliphatic carbocycles. The summed E-state index contributed by atoms with van der Waals surface area (Å²) in [5.41, 5.74) is 0.527. The Morgan fingerprint density at radius 3 is 2.61 bits per heavy atom. The van der Waals surface area contributed by atoms with Crippen molar-refractivity contribution in [3.05, 3.63) is 47.3 Å². The topological polar surface area (TPSA) is 28.1 Å². The number of nitrogens with zero attached hydrogens (tertiary/aromatic N) is 3. The Kier molecular flexibility index (Phi) is 4.00. The Labute approximate surface area is 135 Å². The Hall–Kier alpha value is -2.11. The molecule has 0 aromatic heterocycles. The fourth-order valence-electron chi connectivity index (χ4n) is 2.79. The van der Waals surface area contributed by atoms with Crippen molar-refractivity contribution in [3.8, 4) is 0 Å². The highest BCUT2D eigenvalue weighted by molar-refractivity contribution is 5.88. The van der Waals surface area contributed by atoms with Crippen molar-refractivity contribution in [2.75, 3.05) is 20.3 Å². The molecule has 124 valence electrons. The molecule has 2 aliphatic heterocycles. The Morgan fingerprint density at radius 1 is 1.22 bits per heavy atom. The van der Waals surface area contributed by atoms with Crippen molar-refractivity contribution in [2.24, 2.45) is 4.99 Å². The van der Waals surface area contributed by atoms with Gasteiger partial charge in [0.2, 0.25) is 5.90 Å². The molecule has 0 radical (unpaired) electrons. The zero-order chi connectivity index (χ0) is 16.6. The molecule has 0 N–H and O–H groups in total. The summed E-state index contributed by atoms with van der Waals surface area (Å²) >= 11 is 0. The van der Waals surface area contributed by atoms with E-state index in [2.05, 4.69) is 35.7 Å². The molecular formula is C17H21F2N3O. The lowest BCUT2D eigenvalue weighted by Gasteiger charge is -2.49. The smallest absolute Gasteiger partial charge is 0.214 e. The van der Waals surface area contributed by atoms with Gasteiger partial charge in [-0.25, -0.2) is 13.8 Å². The molecular weight excluding hydrogens is 300 g/mol. The molecule has 2 aliphatic rings. The van der Waals surface area contributed by atoms with Crippen molar-refractivity contribution in [1.82, 2.24) is 9.80 Å². The van der Waals surface area contributed by atoms with E-state index in [9.17, 15) is 8.78 Å². The molecule has 0 atom stereocenters. The zero-order valence-electron chi connectivity index (χ0n) is 13.6. The Balaban J connectivity index is 1.71. The third-order valence-electron chi connectivity index (χ3n) is 4.53. The van der Waals surface area contributed by atoms with E-state index in [-0.39, 0.29) is 12.1 Å². The van der Waals surface area contributed by atoms with Gasteiger partial charge in [0.15, 0.2) is 0 Å². The largest absolute Gasteiger partial charge is 0.473 e. The summed E-state index contributed by atoms with van der Waals surface area (Å²) in [6.45, 7) is 5.98. The second-order valence-corrected chi connectivity index (χ2v) is 6.59. The number of hydrogen-bond acceptors (Lipinski definition) is 4. The average molecular weight is 321 g/mol. The molecule has 4 nitrogen and oxygen atoms in total. The van der Waals surface area contributed by atoms with E-state index in [0.717, 1.165) is 24.9 Å². The number of rotatable bonds is 2. The quantitative estimate of drug-likeness (QED) is 0.838. The van der Waals surface area contributed by atoms with E-state index >= 15 is 0 Å². The first-order chi connectivity index (χ1) is 10.8. The van der Waals surface area contributed by atoms with Gasteiger partial charge in [-0.05, 0) is 38.0 Å². The fourth-order valence-corrected chi connectivity index (χ4v) is 2.79. The molecule has 6 heteroatoms. The summed E-state index contributed by atoms with van der Waals surface area (Å²) < 4.78 is 32.0. The van der Waals surface area contributed by atoms with Gasteiger partial charge in [-0.2, -0.15) is 0 Å². The fraction of sp³-hybridized carbons (Fsp3) is 0.471. The van der Waals surface area contributed by atoms with Gasteiger partial charge in [-0.15, -0.1) is 0 Å². The lowest BCUT2D eigenvalue weighted by Crippen LogP contribution is -2.53. The van der Waals surface area contributed by atoms with E-state index < -0.39 is 11.6 Å². The second kappa shape index (κ2) is 5.83. The predicted molar refractivity (Wildman–Crippen MR) is 84.7 cm³/mol. The van der Waals surface area contributed by atoms with Crippen LogP contribution in [0.3, 0.4) is 0 Å². The van der Waals surface area contributed by atoms with Crippen LogP contribution in [0, 0.1) is 11.6 Å². The lowest BCUT2D eigenvalue weighted by molar-refractivity contribution is 0.0699. The predicted octanol–water partition coefficient (Wildman–Crippen LogP) is 3.11. The number of aliphatic imine (C=N–C) groups is 1. The van der Waals surface area contributed by atoms with E-state index in [0.29, 0.717) is 18.1 Å². The molecule has 1 aromatic carbocycles. The van der Waals surface area contributed by atoms with Crippen molar-refractivity contribution >= 4 is 5.90 Å². The summed E-state index contributed by atoms with van der Waals surface area (Å²) in [5, 5.41) is 0. The van der Waals surface area contributed by atoms with Crippen molar-refractivity contribution in [1.29, 1.82) is 0 Å². The van der Waals surface area contributed by atoms with Gasteiger partial charge in [0.05, 0.1) is 0 Å². The molecule has 0 bridgehead atoms. The first kappa shape index (κ1) is 15.8. The van der Waals surface area contributed by atoms with Crippen molar-refractivity contribution < 1.29 is 13.5 Å². The van der Waals surface area contributed by atoms with Crippen LogP contribution in [0.25, 0.3) is 0 Å². The van der Waals surface area contributed by atoms with E-state index in [1.165, 1.54) is 12.1 Å². The van der Waals surface area contributed by atoms with Crippen LogP contribution in [0.2, 0.25) is 0 Å². The Bertz CT molecular complexity index is 650. The van der Waals surface area contributed by atoms with Crippen LogP contribution >= 0.6 is 0 Å². The standard InChI is InChI=1S/C17H21F2N3O/c1-17(2)4-5-22-11-20-15(9-16(22)21(17)3)23-10-12-6-13(18)8-14(19)7-12/h6-9H,4-5,10-11H2,1-3H3. The van der Waals surface area contributed by atoms with Gasteiger partial charge in [-0.1, -0.05) is 0 Å². The van der Waals surface area contributed by atoms with Crippen LogP contribution in [0.5, 0.6) is 0 Å². The van der Waals surface area contributed by atoms with Gasteiger partial charge in [0.1, 0.15) is 30.7 Å². The maximum atomic E-state index is 13.2. The average Bonchev–Trinajstić information content (AvgIpc) is 2.48. The van der Waals surface area contributed by atoms with Crippen LogP contribution in [-0.2, 0) is 11.3 Å². The maximum absolute atomic E-state index is 13.2. The third-order valence-corrected chi connectivity index (χ3v) is 4.53. The first-order valence-corrected chi connectivity index (χ1v) is 7.68. The number of fused-ring (bicyclic) bond motifs is 1. The molecule has 0 spiro atoms. The first-order valence-electron chi connectivity index (χ1n) is 7.68. The molecule has 0 saturated carbocycles. The van der Waals surface area contributed by atoms with E-state index in [1.807, 2.05) is 6.08 Å². The Morgan fingerprint density at radius 2 is 1.91 bits per heavy atom. The van der Waals surface area contributed by atoms with Gasteiger partial charge in [-0.3, -0.25) is 0 Å². The summed E-state index contributed by atoms with van der Waals surface area (Å²) in [4.78, 5) is 8.80. The normalized spacial score (nSPS) is 19.9. The second-order valence-electron chi connectivity index (χ2n) is 6.59. The lowest BCUT2D eigenvalue weighted by atomic mass is 9.95. The number of halogens is 2. The van der Waals surface area contributed by atoms with Gasteiger partial charge < -0.3 is 14.5 Å². The third kappa shape index (κ3) is 3.30. The molecule has 3 rings (SSSR count). The minimum atomic E-state index is -0.604. The van der Waals surface area contributed by atoms with Crippen LogP contribution in [0.15, 0.2) is 35.1 Å². The highest BCUT2D eigenvalue weighted by Crippen LogP contribution is 2.31. The van der Waals surface area contributed by atoms with Crippen LogP contribution in [0.1, 0.15) is 25.8 Å². The molecule has 23 heavy (non-hydrogen) atoms. The molecule has 0 amide bonds. The van der Waals surface area contributed by atoms with Crippen LogP contribution in [-0.4, -0.2) is 41.5 Å². The van der Waals surface area contributed by atoms with Crippen LogP contribution < -0.4 is 0 Å². The molecule has 0 unspecified atom stereocenters. The van der Waals surface area contributed by atoms with E-state index in [1.54, 1.807) is 0 Å². The molecule has 2 heterocycles. The molecule has 1 aromatic rings. The van der Waals surface area contributed by atoms with Gasteiger partial charge >= 0.3 is 0 Å². The number of benzene rings is 1. The monoisotopic (exact) mass is 321 g/mol. The van der Waals surface area contributed by atoms with Gasteiger partial charge in [0, 0.05) is 31.3 Å². The zero-order valence-corrected chi connectivity index (χ0v) is 13.6. The SMILES string of the molecule is CN1C2=CC(OCc3cc(F)cc(F)c3)=NCN2CCC1(C)C. The highest BCUT2D eigenvalue weighted by Gasteiger charge is 2.34. The minimum absolute atomic E-state index is 0.0798. The summed E-state index contributed by atoms with van der Waals surface area (Å²) in [5.74, 6) is 0.349. The number of ether oxygens (including phenoxy) is 1. The summed E-state index contributed by atoms with van der Waals surface area (Å²) in [7, 11) is 2.06. The maximum Gasteiger partial charge on any atom is 0.214 e. The molecule has 1 fully saturated rings. The highest BCUT2D eigenvalue weighted by atomic mass is 19.1. The minimum Gasteiger partial charge on any atom is -0.473 e. The van der Waals surface area contributed by atoms with Crippen molar-refractivity contribution in [2.45, 2.75) is 32.4 Å². The number of hydrogen-bond donors (Lipinski definition) is 0. The van der Waals surface area contributed by atoms with E-state index in [4.69, 9.17) is 4.74 Å².